The number of ether oxygens (including phenoxy) is 1. The molecule has 2 aromatic rings. The van der Waals surface area contributed by atoms with E-state index in [1.54, 1.807) is 13.0 Å². The van der Waals surface area contributed by atoms with Gasteiger partial charge in [0.1, 0.15) is 0 Å². The maximum Gasteiger partial charge on any atom is 0.308 e. The number of halogens is 2. The zero-order valence-corrected chi connectivity index (χ0v) is 15.0. The summed E-state index contributed by atoms with van der Waals surface area (Å²) in [5.41, 5.74) is 3.08. The van der Waals surface area contributed by atoms with Gasteiger partial charge in [-0.3, -0.25) is 4.79 Å². The Bertz CT molecular complexity index is 663. The van der Waals surface area contributed by atoms with Crippen LogP contribution < -0.4 is 0 Å². The summed E-state index contributed by atoms with van der Waals surface area (Å²) in [6, 6.07) is 13.4. The average Bonchev–Trinajstić information content (AvgIpc) is 2.52. The van der Waals surface area contributed by atoms with Crippen molar-refractivity contribution in [2.45, 2.75) is 32.3 Å². The Morgan fingerprint density at radius 1 is 1.08 bits per heavy atom. The van der Waals surface area contributed by atoms with Crippen LogP contribution in [0.2, 0.25) is 10.0 Å². The molecule has 2 rings (SSSR count). The smallest absolute Gasteiger partial charge is 0.308 e. The number of hydrogen-bond acceptors (Lipinski definition) is 3. The van der Waals surface area contributed by atoms with Crippen LogP contribution in [0.4, 0.5) is 0 Å². The lowest BCUT2D eigenvalue weighted by Crippen LogP contribution is -2.16. The molecule has 0 aliphatic carbocycles. The molecule has 0 amide bonds. The maximum absolute atomic E-state index is 11.3. The monoisotopic (exact) mass is 366 g/mol. The van der Waals surface area contributed by atoms with Crippen molar-refractivity contribution < 1.29 is 14.6 Å². The van der Waals surface area contributed by atoms with Crippen LogP contribution >= 0.6 is 23.2 Å². The fourth-order valence-corrected chi connectivity index (χ4v) is 2.96. The largest absolute Gasteiger partial charge is 0.466 e. The number of aliphatic hydroxyl groups excluding tert-OH is 1. The predicted molar refractivity (Wildman–Crippen MR) is 97.5 cm³/mol. The van der Waals surface area contributed by atoms with Crippen LogP contribution in [0.5, 0.6) is 0 Å². The Balaban J connectivity index is 1.93. The zero-order chi connectivity index (χ0) is 17.5. The number of carbonyl (C=O) groups is 1. The minimum absolute atomic E-state index is 0.0347. The van der Waals surface area contributed by atoms with Crippen molar-refractivity contribution in [1.82, 2.24) is 0 Å². The minimum atomic E-state index is -0.685. The fraction of sp³-hybridized carbons (Fsp3) is 0.316. The second-order valence-electron chi connectivity index (χ2n) is 5.56. The van der Waals surface area contributed by atoms with E-state index in [2.05, 4.69) is 0 Å². The minimum Gasteiger partial charge on any atom is -0.466 e. The summed E-state index contributed by atoms with van der Waals surface area (Å²) in [4.78, 5) is 11.3. The Hall–Kier alpha value is -1.55. The highest BCUT2D eigenvalue weighted by Crippen LogP contribution is 2.27. The molecule has 0 radical (unpaired) electrons. The van der Waals surface area contributed by atoms with Crippen molar-refractivity contribution in [3.05, 3.63) is 58.1 Å². The third-order valence-electron chi connectivity index (χ3n) is 3.62. The third-order valence-corrected chi connectivity index (χ3v) is 4.06. The molecule has 5 heteroatoms. The summed E-state index contributed by atoms with van der Waals surface area (Å²) >= 11 is 12.1. The summed E-state index contributed by atoms with van der Waals surface area (Å²) in [6.45, 7) is 2.08. The molecule has 0 aromatic heterocycles. The molecule has 1 atom stereocenters. The first-order chi connectivity index (χ1) is 11.5. The first kappa shape index (κ1) is 18.8. The average molecular weight is 367 g/mol. The van der Waals surface area contributed by atoms with E-state index in [0.29, 0.717) is 29.5 Å². The van der Waals surface area contributed by atoms with Crippen molar-refractivity contribution >= 4 is 29.2 Å². The van der Waals surface area contributed by atoms with E-state index in [-0.39, 0.29) is 12.4 Å². The Morgan fingerprint density at radius 3 is 2.29 bits per heavy atom. The molecule has 0 saturated carbocycles. The molecule has 0 bridgehead atoms. The van der Waals surface area contributed by atoms with E-state index in [1.165, 1.54) is 0 Å². The number of rotatable bonds is 7. The van der Waals surface area contributed by atoms with Crippen LogP contribution in [0.25, 0.3) is 11.1 Å². The van der Waals surface area contributed by atoms with E-state index in [0.717, 1.165) is 16.7 Å². The fourth-order valence-electron chi connectivity index (χ4n) is 2.43. The number of aryl methyl sites for hydroxylation is 1. The summed E-state index contributed by atoms with van der Waals surface area (Å²) in [5.74, 6) is -0.363. The molecule has 3 nitrogen and oxygen atoms in total. The molecular formula is C19H20Cl2O3. The van der Waals surface area contributed by atoms with Crippen molar-refractivity contribution in [3.63, 3.8) is 0 Å². The summed E-state index contributed by atoms with van der Waals surface area (Å²) < 4.78 is 4.83. The maximum atomic E-state index is 11.3. The van der Waals surface area contributed by atoms with E-state index in [4.69, 9.17) is 27.9 Å². The quantitative estimate of drug-likeness (QED) is 0.708. The SMILES string of the molecule is CCOC(=O)CC(O)CCc1ccc(-c2cc(Cl)cc(Cl)c2)cc1. The normalized spacial score (nSPS) is 12.0. The predicted octanol–water partition coefficient (Wildman–Crippen LogP) is 4.91. The van der Waals surface area contributed by atoms with Crippen molar-refractivity contribution in [3.8, 4) is 11.1 Å². The lowest BCUT2D eigenvalue weighted by molar-refractivity contribution is -0.145. The van der Waals surface area contributed by atoms with Gasteiger partial charge in [-0.2, -0.15) is 0 Å². The van der Waals surface area contributed by atoms with Gasteiger partial charge in [-0.15, -0.1) is 0 Å². The molecule has 24 heavy (non-hydrogen) atoms. The molecule has 0 fully saturated rings. The molecular weight excluding hydrogens is 347 g/mol. The van der Waals surface area contributed by atoms with Crippen molar-refractivity contribution in [2.75, 3.05) is 6.61 Å². The molecule has 2 aromatic carbocycles. The third kappa shape index (κ3) is 5.82. The van der Waals surface area contributed by atoms with Crippen LogP contribution in [-0.2, 0) is 16.0 Å². The van der Waals surface area contributed by atoms with E-state index >= 15 is 0 Å². The molecule has 128 valence electrons. The number of aliphatic hydroxyl groups is 1. The number of hydrogen-bond donors (Lipinski definition) is 1. The van der Waals surface area contributed by atoms with Crippen LogP contribution in [0, 0.1) is 0 Å². The van der Waals surface area contributed by atoms with Gasteiger partial charge in [0.25, 0.3) is 0 Å². The Kier molecular flexibility index (Phi) is 7.10. The molecule has 0 aliphatic rings. The van der Waals surface area contributed by atoms with Gasteiger partial charge in [-0.1, -0.05) is 47.5 Å². The standard InChI is InChI=1S/C19H20Cl2O3/c1-2-24-19(23)12-18(22)8-5-13-3-6-14(7-4-13)15-9-16(20)11-17(21)10-15/h3-4,6-7,9-11,18,22H,2,5,8,12H2,1H3. The Labute approximate surface area is 152 Å². The van der Waals surface area contributed by atoms with Gasteiger partial charge < -0.3 is 9.84 Å². The summed E-state index contributed by atoms with van der Waals surface area (Å²) in [7, 11) is 0. The molecule has 0 saturated heterocycles. The number of esters is 1. The molecule has 1 unspecified atom stereocenters. The topological polar surface area (TPSA) is 46.5 Å². The second kappa shape index (κ2) is 9.07. The number of carbonyl (C=O) groups excluding carboxylic acids is 1. The zero-order valence-electron chi connectivity index (χ0n) is 13.5. The van der Waals surface area contributed by atoms with Crippen molar-refractivity contribution in [1.29, 1.82) is 0 Å². The molecule has 1 N–H and O–H groups in total. The van der Waals surface area contributed by atoms with Crippen molar-refractivity contribution in [2.24, 2.45) is 0 Å². The van der Waals surface area contributed by atoms with Crippen LogP contribution in [0.15, 0.2) is 42.5 Å². The lowest BCUT2D eigenvalue weighted by Gasteiger charge is -2.10. The second-order valence-corrected chi connectivity index (χ2v) is 6.43. The van der Waals surface area contributed by atoms with E-state index in [9.17, 15) is 9.90 Å². The van der Waals surface area contributed by atoms with Crippen LogP contribution in [0.3, 0.4) is 0 Å². The lowest BCUT2D eigenvalue weighted by atomic mass is 10.0. The molecule has 0 spiro atoms. The number of benzene rings is 2. The van der Waals surface area contributed by atoms with Crippen LogP contribution in [-0.4, -0.2) is 23.8 Å². The highest BCUT2D eigenvalue weighted by molar-refractivity contribution is 6.35. The van der Waals surface area contributed by atoms with Gasteiger partial charge in [0.2, 0.25) is 0 Å². The highest BCUT2D eigenvalue weighted by Gasteiger charge is 2.11. The van der Waals surface area contributed by atoms with Gasteiger partial charge in [0.15, 0.2) is 0 Å². The molecule has 0 aliphatic heterocycles. The van der Waals surface area contributed by atoms with Gasteiger partial charge >= 0.3 is 5.97 Å². The Morgan fingerprint density at radius 2 is 1.71 bits per heavy atom. The van der Waals surface area contributed by atoms with Crippen LogP contribution in [0.1, 0.15) is 25.3 Å². The summed E-state index contributed by atoms with van der Waals surface area (Å²) in [6.07, 6.45) is 0.557. The summed E-state index contributed by atoms with van der Waals surface area (Å²) in [5, 5.41) is 11.1. The molecule has 0 heterocycles. The van der Waals surface area contributed by atoms with Gasteiger partial charge in [0.05, 0.1) is 19.1 Å². The van der Waals surface area contributed by atoms with Gasteiger partial charge in [-0.05, 0) is 54.7 Å². The highest BCUT2D eigenvalue weighted by atomic mass is 35.5. The van der Waals surface area contributed by atoms with E-state index in [1.807, 2.05) is 36.4 Å². The first-order valence-corrected chi connectivity index (χ1v) is 8.62. The first-order valence-electron chi connectivity index (χ1n) is 7.87. The van der Waals surface area contributed by atoms with Gasteiger partial charge in [0, 0.05) is 10.0 Å². The van der Waals surface area contributed by atoms with E-state index < -0.39 is 6.10 Å². The van der Waals surface area contributed by atoms with Gasteiger partial charge in [-0.25, -0.2) is 0 Å².